The molecule has 0 atom stereocenters. The molecule has 2 aromatic heterocycles. The minimum atomic E-state index is 0.566. The van der Waals surface area contributed by atoms with Crippen molar-refractivity contribution in [3.63, 3.8) is 0 Å². The summed E-state index contributed by atoms with van der Waals surface area (Å²) in [6, 6.07) is 3.70. The van der Waals surface area contributed by atoms with E-state index in [1.807, 2.05) is 12.1 Å². The Morgan fingerprint density at radius 2 is 2.07 bits per heavy atom. The molecular weight excluding hydrogens is 178 g/mol. The number of aryl methyl sites for hydroxylation is 1. The highest BCUT2D eigenvalue weighted by Crippen LogP contribution is 2.15. The van der Waals surface area contributed by atoms with Gasteiger partial charge in [-0.25, -0.2) is 0 Å². The predicted octanol–water partition coefficient (Wildman–Crippen LogP) is 2.08. The number of hydrogen-bond donors (Lipinski definition) is 0. The average molecular weight is 189 g/mol. The standard InChI is InChI=1S/C10H11N3O/c1-2-3-9-12-10(14-13-9)8-4-6-11-7-5-8/h4-7H,2-3H2,1H3. The molecule has 0 radical (unpaired) electrons. The van der Waals surface area contributed by atoms with Crippen LogP contribution in [0.2, 0.25) is 0 Å². The van der Waals surface area contributed by atoms with Gasteiger partial charge in [-0.15, -0.1) is 0 Å². The molecular formula is C10H11N3O. The van der Waals surface area contributed by atoms with E-state index in [1.165, 1.54) is 0 Å². The lowest BCUT2D eigenvalue weighted by molar-refractivity contribution is 0.422. The maximum absolute atomic E-state index is 5.11. The first-order chi connectivity index (χ1) is 6.90. The van der Waals surface area contributed by atoms with E-state index in [0.717, 1.165) is 24.2 Å². The maximum Gasteiger partial charge on any atom is 0.258 e. The molecule has 4 nitrogen and oxygen atoms in total. The van der Waals surface area contributed by atoms with Crippen LogP contribution in [0, 0.1) is 0 Å². The summed E-state index contributed by atoms with van der Waals surface area (Å²) in [6.45, 7) is 2.09. The minimum Gasteiger partial charge on any atom is -0.334 e. The van der Waals surface area contributed by atoms with Crippen molar-refractivity contribution >= 4 is 0 Å². The molecule has 0 spiro atoms. The summed E-state index contributed by atoms with van der Waals surface area (Å²) in [6.07, 6.45) is 5.29. The van der Waals surface area contributed by atoms with Crippen molar-refractivity contribution in [3.8, 4) is 11.5 Å². The van der Waals surface area contributed by atoms with Crippen LogP contribution in [0.25, 0.3) is 11.5 Å². The van der Waals surface area contributed by atoms with Gasteiger partial charge in [-0.1, -0.05) is 12.1 Å². The van der Waals surface area contributed by atoms with E-state index in [1.54, 1.807) is 12.4 Å². The maximum atomic E-state index is 5.11. The third-order valence-electron chi connectivity index (χ3n) is 1.87. The second-order valence-electron chi connectivity index (χ2n) is 3.00. The van der Waals surface area contributed by atoms with Crippen LogP contribution in [0.15, 0.2) is 29.0 Å². The monoisotopic (exact) mass is 189 g/mol. The molecule has 0 aliphatic heterocycles. The zero-order chi connectivity index (χ0) is 9.80. The summed E-state index contributed by atoms with van der Waals surface area (Å²) in [5.41, 5.74) is 0.912. The molecule has 2 aromatic rings. The lowest BCUT2D eigenvalue weighted by Gasteiger charge is -1.89. The molecule has 72 valence electrons. The fourth-order valence-corrected chi connectivity index (χ4v) is 1.19. The number of pyridine rings is 1. The Morgan fingerprint density at radius 3 is 2.79 bits per heavy atom. The highest BCUT2D eigenvalue weighted by atomic mass is 16.5. The van der Waals surface area contributed by atoms with Gasteiger partial charge in [-0.05, 0) is 18.6 Å². The molecule has 0 saturated heterocycles. The quantitative estimate of drug-likeness (QED) is 0.741. The van der Waals surface area contributed by atoms with Crippen LogP contribution in [0.3, 0.4) is 0 Å². The van der Waals surface area contributed by atoms with Crippen LogP contribution >= 0.6 is 0 Å². The van der Waals surface area contributed by atoms with Crippen molar-refractivity contribution in [3.05, 3.63) is 30.4 Å². The molecule has 2 rings (SSSR count). The first-order valence-corrected chi connectivity index (χ1v) is 4.63. The first-order valence-electron chi connectivity index (χ1n) is 4.63. The molecule has 0 aliphatic carbocycles. The molecule has 0 saturated carbocycles. The van der Waals surface area contributed by atoms with Crippen LogP contribution in [-0.2, 0) is 6.42 Å². The van der Waals surface area contributed by atoms with Crippen molar-refractivity contribution in [2.75, 3.05) is 0 Å². The van der Waals surface area contributed by atoms with Gasteiger partial charge >= 0.3 is 0 Å². The molecule has 0 aliphatic rings. The third-order valence-corrected chi connectivity index (χ3v) is 1.87. The third kappa shape index (κ3) is 1.79. The Hall–Kier alpha value is -1.71. The number of rotatable bonds is 3. The van der Waals surface area contributed by atoms with Crippen LogP contribution in [0.1, 0.15) is 19.2 Å². The summed E-state index contributed by atoms with van der Waals surface area (Å²) >= 11 is 0. The molecule has 0 amide bonds. The van der Waals surface area contributed by atoms with Gasteiger partial charge in [-0.3, -0.25) is 4.98 Å². The number of nitrogens with zero attached hydrogens (tertiary/aromatic N) is 3. The van der Waals surface area contributed by atoms with E-state index in [-0.39, 0.29) is 0 Å². The van der Waals surface area contributed by atoms with Crippen molar-refractivity contribution in [1.82, 2.24) is 15.1 Å². The van der Waals surface area contributed by atoms with Gasteiger partial charge in [0.1, 0.15) is 0 Å². The van der Waals surface area contributed by atoms with Crippen LogP contribution in [-0.4, -0.2) is 15.1 Å². The normalized spacial score (nSPS) is 10.4. The van der Waals surface area contributed by atoms with Gasteiger partial charge in [0, 0.05) is 24.4 Å². The average Bonchev–Trinajstić information content (AvgIpc) is 2.68. The first kappa shape index (κ1) is 8.87. The summed E-state index contributed by atoms with van der Waals surface area (Å²) < 4.78 is 5.11. The van der Waals surface area contributed by atoms with E-state index in [9.17, 15) is 0 Å². The van der Waals surface area contributed by atoms with Crippen LogP contribution in [0.4, 0.5) is 0 Å². The van der Waals surface area contributed by atoms with Crippen LogP contribution in [0.5, 0.6) is 0 Å². The van der Waals surface area contributed by atoms with E-state index in [4.69, 9.17) is 4.52 Å². The second-order valence-corrected chi connectivity index (χ2v) is 3.00. The summed E-state index contributed by atoms with van der Waals surface area (Å²) in [7, 11) is 0. The SMILES string of the molecule is CCCc1noc(-c2ccncc2)n1. The van der Waals surface area contributed by atoms with E-state index in [0.29, 0.717) is 5.89 Å². The fraction of sp³-hybridized carbons (Fsp3) is 0.300. The van der Waals surface area contributed by atoms with E-state index in [2.05, 4.69) is 22.0 Å². The van der Waals surface area contributed by atoms with E-state index < -0.39 is 0 Å². The van der Waals surface area contributed by atoms with Gasteiger partial charge in [0.05, 0.1) is 0 Å². The highest BCUT2D eigenvalue weighted by Gasteiger charge is 2.06. The van der Waals surface area contributed by atoms with Crippen molar-refractivity contribution in [2.24, 2.45) is 0 Å². The zero-order valence-corrected chi connectivity index (χ0v) is 7.97. The predicted molar refractivity (Wildman–Crippen MR) is 51.5 cm³/mol. The van der Waals surface area contributed by atoms with Gasteiger partial charge in [0.25, 0.3) is 5.89 Å². The highest BCUT2D eigenvalue weighted by molar-refractivity contribution is 5.50. The molecule has 4 heteroatoms. The Kier molecular flexibility index (Phi) is 2.53. The summed E-state index contributed by atoms with van der Waals surface area (Å²) in [5, 5.41) is 3.88. The summed E-state index contributed by atoms with van der Waals surface area (Å²) in [4.78, 5) is 8.19. The lowest BCUT2D eigenvalue weighted by atomic mass is 10.3. The summed E-state index contributed by atoms with van der Waals surface area (Å²) in [5.74, 6) is 1.33. The zero-order valence-electron chi connectivity index (χ0n) is 7.97. The van der Waals surface area contributed by atoms with E-state index >= 15 is 0 Å². The van der Waals surface area contributed by atoms with Gasteiger partial charge in [0.15, 0.2) is 5.82 Å². The number of hydrogen-bond acceptors (Lipinski definition) is 4. The molecule has 2 heterocycles. The molecule has 0 aromatic carbocycles. The number of aromatic nitrogens is 3. The topological polar surface area (TPSA) is 51.8 Å². The van der Waals surface area contributed by atoms with Gasteiger partial charge in [-0.2, -0.15) is 4.98 Å². The second kappa shape index (κ2) is 4.00. The Morgan fingerprint density at radius 1 is 1.29 bits per heavy atom. The van der Waals surface area contributed by atoms with Crippen molar-refractivity contribution < 1.29 is 4.52 Å². The largest absolute Gasteiger partial charge is 0.334 e. The Balaban J connectivity index is 2.25. The molecule has 14 heavy (non-hydrogen) atoms. The van der Waals surface area contributed by atoms with Crippen molar-refractivity contribution in [2.45, 2.75) is 19.8 Å². The molecule has 0 bridgehead atoms. The smallest absolute Gasteiger partial charge is 0.258 e. The van der Waals surface area contributed by atoms with Crippen molar-refractivity contribution in [1.29, 1.82) is 0 Å². The molecule has 0 fully saturated rings. The van der Waals surface area contributed by atoms with Gasteiger partial charge in [0.2, 0.25) is 0 Å². The lowest BCUT2D eigenvalue weighted by Crippen LogP contribution is -1.85. The fourth-order valence-electron chi connectivity index (χ4n) is 1.19. The molecule has 0 N–H and O–H groups in total. The Bertz CT molecular complexity index is 397. The van der Waals surface area contributed by atoms with Gasteiger partial charge < -0.3 is 4.52 Å². The molecule has 0 unspecified atom stereocenters. The Labute approximate surface area is 82.0 Å². The minimum absolute atomic E-state index is 0.566. The van der Waals surface area contributed by atoms with Crippen LogP contribution < -0.4 is 0 Å².